The molecule has 8 nitrogen and oxygen atoms in total. The van der Waals surface area contributed by atoms with Gasteiger partial charge in [-0.15, -0.1) is 0 Å². The van der Waals surface area contributed by atoms with Gasteiger partial charge in [0.05, 0.1) is 23.2 Å². The van der Waals surface area contributed by atoms with Crippen molar-refractivity contribution in [3.63, 3.8) is 0 Å². The van der Waals surface area contributed by atoms with Crippen molar-refractivity contribution < 1.29 is 0 Å². The van der Waals surface area contributed by atoms with E-state index in [1.54, 1.807) is 23.3 Å². The van der Waals surface area contributed by atoms with Crippen LogP contribution in [0.3, 0.4) is 0 Å². The molecule has 0 radical (unpaired) electrons. The van der Waals surface area contributed by atoms with E-state index in [0.717, 1.165) is 48.8 Å². The summed E-state index contributed by atoms with van der Waals surface area (Å²) in [6.07, 6.45) is 5.09. The number of piperazine rings is 1. The third-order valence-electron chi connectivity index (χ3n) is 4.29. The van der Waals surface area contributed by atoms with Crippen molar-refractivity contribution >= 4 is 22.7 Å². The number of nitriles is 1. The standard InChI is InChI=1S/C16H16N8/c1-22-15-13(10-21-22)16(20-11-19-15)24-6-4-23(5-7-24)14-8-12(9-17)2-3-18-14/h2-3,8,10-11H,4-7H2,1H3. The number of fused-ring (bicyclic) bond motifs is 1. The third-order valence-corrected chi connectivity index (χ3v) is 4.29. The van der Waals surface area contributed by atoms with Gasteiger partial charge in [-0.25, -0.2) is 15.0 Å². The van der Waals surface area contributed by atoms with E-state index in [9.17, 15) is 0 Å². The molecule has 0 aromatic carbocycles. The molecule has 8 heteroatoms. The van der Waals surface area contributed by atoms with Crippen molar-refractivity contribution in [2.75, 3.05) is 36.0 Å². The maximum atomic E-state index is 9.03. The quantitative estimate of drug-likeness (QED) is 0.695. The molecule has 0 spiro atoms. The molecular formula is C16H16N8. The summed E-state index contributed by atoms with van der Waals surface area (Å²) in [5, 5.41) is 14.3. The van der Waals surface area contributed by atoms with E-state index in [1.807, 2.05) is 19.3 Å². The molecule has 120 valence electrons. The molecule has 4 rings (SSSR count). The number of hydrogen-bond donors (Lipinski definition) is 0. The van der Waals surface area contributed by atoms with E-state index in [1.165, 1.54) is 0 Å². The minimum atomic E-state index is 0.635. The van der Waals surface area contributed by atoms with E-state index >= 15 is 0 Å². The summed E-state index contributed by atoms with van der Waals surface area (Å²) in [6.45, 7) is 3.32. The first-order chi connectivity index (χ1) is 11.8. The Labute approximate surface area is 139 Å². The highest BCUT2D eigenvalue weighted by molar-refractivity contribution is 5.86. The first-order valence-electron chi connectivity index (χ1n) is 7.75. The van der Waals surface area contributed by atoms with Crippen LogP contribution in [0.1, 0.15) is 5.56 Å². The molecular weight excluding hydrogens is 304 g/mol. The predicted octanol–water partition coefficient (Wildman–Crippen LogP) is 0.957. The van der Waals surface area contributed by atoms with Crippen LogP contribution in [0.4, 0.5) is 11.6 Å². The Balaban J connectivity index is 1.54. The van der Waals surface area contributed by atoms with Gasteiger partial charge in [0.1, 0.15) is 18.0 Å². The van der Waals surface area contributed by atoms with E-state index in [4.69, 9.17) is 5.26 Å². The number of anilines is 2. The molecule has 1 aliphatic heterocycles. The van der Waals surface area contributed by atoms with Crippen LogP contribution in [0.15, 0.2) is 30.9 Å². The van der Waals surface area contributed by atoms with Crippen molar-refractivity contribution in [1.29, 1.82) is 5.26 Å². The van der Waals surface area contributed by atoms with Crippen LogP contribution in [0.25, 0.3) is 11.0 Å². The summed E-state index contributed by atoms with van der Waals surface area (Å²) in [7, 11) is 1.88. The highest BCUT2D eigenvalue weighted by atomic mass is 15.3. The van der Waals surface area contributed by atoms with E-state index < -0.39 is 0 Å². The number of hydrogen-bond acceptors (Lipinski definition) is 7. The first-order valence-corrected chi connectivity index (χ1v) is 7.75. The Kier molecular flexibility index (Phi) is 3.46. The summed E-state index contributed by atoms with van der Waals surface area (Å²) in [5.74, 6) is 1.77. The van der Waals surface area contributed by atoms with Crippen LogP contribution in [0.5, 0.6) is 0 Å². The van der Waals surface area contributed by atoms with Crippen LogP contribution in [-0.4, -0.2) is 50.9 Å². The molecule has 0 amide bonds. The summed E-state index contributed by atoms with van der Waals surface area (Å²) in [5.41, 5.74) is 1.47. The lowest BCUT2D eigenvalue weighted by atomic mass is 10.2. The van der Waals surface area contributed by atoms with Gasteiger partial charge in [0.25, 0.3) is 0 Å². The minimum absolute atomic E-state index is 0.635. The Morgan fingerprint density at radius 3 is 2.67 bits per heavy atom. The molecule has 3 aromatic heterocycles. The van der Waals surface area contributed by atoms with Gasteiger partial charge in [0.15, 0.2) is 5.65 Å². The second kappa shape index (κ2) is 5.77. The third kappa shape index (κ3) is 2.40. The van der Waals surface area contributed by atoms with Crippen molar-refractivity contribution in [2.45, 2.75) is 0 Å². The Bertz CT molecular complexity index is 917. The summed E-state index contributed by atoms with van der Waals surface area (Å²) >= 11 is 0. The molecule has 1 fully saturated rings. The molecule has 0 unspecified atom stereocenters. The van der Waals surface area contributed by atoms with Gasteiger partial charge in [-0.3, -0.25) is 4.68 Å². The number of aryl methyl sites for hydroxylation is 1. The Hall–Kier alpha value is -3.21. The van der Waals surface area contributed by atoms with Gasteiger partial charge in [-0.2, -0.15) is 10.4 Å². The fourth-order valence-corrected chi connectivity index (χ4v) is 3.01. The fraction of sp³-hybridized carbons (Fsp3) is 0.312. The Morgan fingerprint density at radius 1 is 1.08 bits per heavy atom. The van der Waals surface area contributed by atoms with Gasteiger partial charge >= 0.3 is 0 Å². The van der Waals surface area contributed by atoms with Gasteiger partial charge in [-0.05, 0) is 12.1 Å². The van der Waals surface area contributed by atoms with E-state index in [2.05, 4.69) is 35.9 Å². The molecule has 0 bridgehead atoms. The van der Waals surface area contributed by atoms with Crippen LogP contribution in [0, 0.1) is 11.3 Å². The number of nitrogens with zero attached hydrogens (tertiary/aromatic N) is 8. The molecule has 24 heavy (non-hydrogen) atoms. The first kappa shape index (κ1) is 14.4. The molecule has 1 saturated heterocycles. The molecule has 1 aliphatic rings. The number of pyridine rings is 1. The second-order valence-electron chi connectivity index (χ2n) is 5.69. The SMILES string of the molecule is Cn1ncc2c(N3CCN(c4cc(C#N)ccn4)CC3)ncnc21. The average Bonchev–Trinajstić information content (AvgIpc) is 3.03. The van der Waals surface area contributed by atoms with Crippen molar-refractivity contribution in [3.05, 3.63) is 36.4 Å². The molecule has 0 N–H and O–H groups in total. The highest BCUT2D eigenvalue weighted by Crippen LogP contribution is 2.24. The zero-order valence-electron chi connectivity index (χ0n) is 13.3. The molecule has 0 aliphatic carbocycles. The topological polar surface area (TPSA) is 86.8 Å². The van der Waals surface area contributed by atoms with E-state index in [-0.39, 0.29) is 0 Å². The predicted molar refractivity (Wildman–Crippen MR) is 89.7 cm³/mol. The maximum Gasteiger partial charge on any atom is 0.163 e. The van der Waals surface area contributed by atoms with E-state index in [0.29, 0.717) is 5.56 Å². The van der Waals surface area contributed by atoms with Gasteiger partial charge in [-0.1, -0.05) is 0 Å². The maximum absolute atomic E-state index is 9.03. The van der Waals surface area contributed by atoms with Crippen molar-refractivity contribution in [3.8, 4) is 6.07 Å². The minimum Gasteiger partial charge on any atom is -0.353 e. The largest absolute Gasteiger partial charge is 0.353 e. The summed E-state index contributed by atoms with van der Waals surface area (Å²) in [6, 6.07) is 5.72. The van der Waals surface area contributed by atoms with Gasteiger partial charge in [0.2, 0.25) is 0 Å². The highest BCUT2D eigenvalue weighted by Gasteiger charge is 2.21. The summed E-state index contributed by atoms with van der Waals surface area (Å²) in [4.78, 5) is 17.6. The van der Waals surface area contributed by atoms with Crippen molar-refractivity contribution in [2.24, 2.45) is 7.05 Å². The van der Waals surface area contributed by atoms with Crippen LogP contribution in [-0.2, 0) is 7.05 Å². The van der Waals surface area contributed by atoms with Gasteiger partial charge in [0, 0.05) is 39.4 Å². The lowest BCUT2D eigenvalue weighted by Crippen LogP contribution is -2.47. The van der Waals surface area contributed by atoms with Crippen LogP contribution < -0.4 is 9.80 Å². The van der Waals surface area contributed by atoms with Crippen molar-refractivity contribution in [1.82, 2.24) is 24.7 Å². The second-order valence-corrected chi connectivity index (χ2v) is 5.69. The zero-order valence-corrected chi connectivity index (χ0v) is 13.3. The lowest BCUT2D eigenvalue weighted by Gasteiger charge is -2.36. The molecule has 3 aromatic rings. The van der Waals surface area contributed by atoms with Crippen LogP contribution in [0.2, 0.25) is 0 Å². The Morgan fingerprint density at radius 2 is 1.88 bits per heavy atom. The molecule has 0 saturated carbocycles. The monoisotopic (exact) mass is 320 g/mol. The number of rotatable bonds is 2. The normalized spacial score (nSPS) is 14.8. The molecule has 0 atom stereocenters. The fourth-order valence-electron chi connectivity index (χ4n) is 3.01. The van der Waals surface area contributed by atoms with Crippen LogP contribution >= 0.6 is 0 Å². The number of aromatic nitrogens is 5. The zero-order chi connectivity index (χ0) is 16.5. The average molecular weight is 320 g/mol. The lowest BCUT2D eigenvalue weighted by molar-refractivity contribution is 0.643. The van der Waals surface area contributed by atoms with Gasteiger partial charge < -0.3 is 9.80 Å². The molecule has 4 heterocycles. The summed E-state index contributed by atoms with van der Waals surface area (Å²) < 4.78 is 1.76. The smallest absolute Gasteiger partial charge is 0.163 e.